The van der Waals surface area contributed by atoms with E-state index in [2.05, 4.69) is 12.1 Å². The van der Waals surface area contributed by atoms with Crippen LogP contribution in [-0.4, -0.2) is 16.4 Å². The zero-order chi connectivity index (χ0) is 27.4. The maximum atomic E-state index is 14.1. The van der Waals surface area contributed by atoms with E-state index < -0.39 is 5.91 Å². The molecule has 6 heteroatoms. The number of hydrogen-bond donors (Lipinski definition) is 0. The summed E-state index contributed by atoms with van der Waals surface area (Å²) in [6.45, 7) is 0. The van der Waals surface area contributed by atoms with E-state index in [0.717, 1.165) is 32.9 Å². The molecule has 0 saturated carbocycles. The SMILES string of the molecule is N#Cc1ccc2c(c1)c1cc(C#N)ccc1n2-c1cccc2c1C(=O)N(c1cccc(-c3ccccc3)c1)C2=O. The fourth-order valence-corrected chi connectivity index (χ4v) is 5.57. The second kappa shape index (κ2) is 8.80. The Morgan fingerprint density at radius 3 is 1.85 bits per heavy atom. The maximum absolute atomic E-state index is 14.1. The number of rotatable bonds is 3. The van der Waals surface area contributed by atoms with Gasteiger partial charge in [0.25, 0.3) is 11.8 Å². The Balaban J connectivity index is 1.43. The van der Waals surface area contributed by atoms with Crippen LogP contribution >= 0.6 is 0 Å². The summed E-state index contributed by atoms with van der Waals surface area (Å²) in [6, 6.07) is 37.5. The van der Waals surface area contributed by atoms with Crippen LogP contribution in [0.2, 0.25) is 0 Å². The van der Waals surface area contributed by atoms with Crippen molar-refractivity contribution in [3.63, 3.8) is 0 Å². The molecule has 1 aliphatic heterocycles. The van der Waals surface area contributed by atoms with Gasteiger partial charge in [0.05, 0.1) is 56.8 Å². The van der Waals surface area contributed by atoms with Crippen LogP contribution in [0.25, 0.3) is 38.6 Å². The number of nitrogens with zero attached hydrogens (tertiary/aromatic N) is 4. The van der Waals surface area contributed by atoms with Gasteiger partial charge in [-0.3, -0.25) is 9.59 Å². The molecule has 0 saturated heterocycles. The second-order valence-corrected chi connectivity index (χ2v) is 9.58. The van der Waals surface area contributed by atoms with Gasteiger partial charge in [-0.1, -0.05) is 48.5 Å². The first-order valence-corrected chi connectivity index (χ1v) is 12.6. The van der Waals surface area contributed by atoms with Crippen LogP contribution in [0.15, 0.2) is 109 Å². The van der Waals surface area contributed by atoms with Crippen molar-refractivity contribution in [1.29, 1.82) is 10.5 Å². The van der Waals surface area contributed by atoms with Gasteiger partial charge < -0.3 is 4.57 Å². The molecule has 2 heterocycles. The number of nitriles is 2. The second-order valence-electron chi connectivity index (χ2n) is 9.58. The Bertz CT molecular complexity index is 2060. The van der Waals surface area contributed by atoms with Crippen molar-refractivity contribution >= 4 is 39.3 Å². The lowest BCUT2D eigenvalue weighted by molar-refractivity contribution is 0.0926. The number of anilines is 1. The zero-order valence-corrected chi connectivity index (χ0v) is 21.0. The predicted molar refractivity (Wildman–Crippen MR) is 153 cm³/mol. The smallest absolute Gasteiger partial charge is 0.268 e. The van der Waals surface area contributed by atoms with Gasteiger partial charge in [-0.25, -0.2) is 4.90 Å². The van der Waals surface area contributed by atoms with Crippen molar-refractivity contribution in [3.8, 4) is 29.0 Å². The lowest BCUT2D eigenvalue weighted by Gasteiger charge is -2.16. The van der Waals surface area contributed by atoms with Crippen molar-refractivity contribution in [2.75, 3.05) is 4.90 Å². The summed E-state index contributed by atoms with van der Waals surface area (Å²) >= 11 is 0. The van der Waals surface area contributed by atoms with E-state index >= 15 is 0 Å². The first kappa shape index (κ1) is 23.2. The molecular weight excluding hydrogens is 496 g/mol. The zero-order valence-electron chi connectivity index (χ0n) is 21.0. The molecule has 0 radical (unpaired) electrons. The van der Waals surface area contributed by atoms with E-state index in [1.54, 1.807) is 42.5 Å². The molecule has 186 valence electrons. The average molecular weight is 515 g/mol. The molecule has 0 unspecified atom stereocenters. The highest BCUT2D eigenvalue weighted by atomic mass is 16.2. The highest BCUT2D eigenvalue weighted by molar-refractivity contribution is 6.36. The summed E-state index contributed by atoms with van der Waals surface area (Å²) in [5, 5.41) is 20.6. The molecule has 0 spiro atoms. The first-order valence-electron chi connectivity index (χ1n) is 12.6. The minimum Gasteiger partial charge on any atom is -0.308 e. The Morgan fingerprint density at radius 1 is 0.575 bits per heavy atom. The molecule has 2 amide bonds. The van der Waals surface area contributed by atoms with Crippen molar-refractivity contribution in [2.24, 2.45) is 0 Å². The summed E-state index contributed by atoms with van der Waals surface area (Å²) in [5.74, 6) is -0.788. The van der Waals surface area contributed by atoms with Gasteiger partial charge in [-0.2, -0.15) is 10.5 Å². The van der Waals surface area contributed by atoms with Gasteiger partial charge in [0, 0.05) is 10.8 Å². The van der Waals surface area contributed by atoms with Crippen molar-refractivity contribution in [1.82, 2.24) is 4.57 Å². The maximum Gasteiger partial charge on any atom is 0.268 e. The number of aromatic nitrogens is 1. The van der Waals surface area contributed by atoms with Crippen LogP contribution in [0.3, 0.4) is 0 Å². The van der Waals surface area contributed by atoms with E-state index in [1.165, 1.54) is 4.90 Å². The normalized spacial score (nSPS) is 12.5. The van der Waals surface area contributed by atoms with Crippen LogP contribution in [0.5, 0.6) is 0 Å². The van der Waals surface area contributed by atoms with Gasteiger partial charge in [0.2, 0.25) is 0 Å². The van der Waals surface area contributed by atoms with Crippen molar-refractivity contribution < 1.29 is 9.59 Å². The molecule has 0 N–H and O–H groups in total. The Kier molecular flexibility index (Phi) is 5.10. The minimum absolute atomic E-state index is 0.310. The number of carbonyl (C=O) groups excluding carboxylic acids is 2. The van der Waals surface area contributed by atoms with E-state index in [-0.39, 0.29) is 5.91 Å². The van der Waals surface area contributed by atoms with E-state index in [9.17, 15) is 20.1 Å². The van der Waals surface area contributed by atoms with Gasteiger partial charge in [0.1, 0.15) is 0 Å². The molecule has 40 heavy (non-hydrogen) atoms. The fourth-order valence-electron chi connectivity index (χ4n) is 5.57. The monoisotopic (exact) mass is 514 g/mol. The summed E-state index contributed by atoms with van der Waals surface area (Å²) < 4.78 is 1.93. The quantitative estimate of drug-likeness (QED) is 0.238. The molecule has 0 bridgehead atoms. The van der Waals surface area contributed by atoms with Crippen LogP contribution in [0, 0.1) is 22.7 Å². The summed E-state index contributed by atoms with van der Waals surface area (Å²) in [4.78, 5) is 29.0. The summed E-state index contributed by atoms with van der Waals surface area (Å²) in [5.41, 5.74) is 6.09. The third-order valence-corrected chi connectivity index (χ3v) is 7.37. The Labute approximate surface area is 229 Å². The Hall–Kier alpha value is -5.98. The van der Waals surface area contributed by atoms with Crippen LogP contribution in [-0.2, 0) is 0 Å². The number of imide groups is 1. The minimum atomic E-state index is -0.405. The molecular formula is C34H18N4O2. The molecule has 5 aromatic carbocycles. The number of hydrogen-bond acceptors (Lipinski definition) is 4. The van der Waals surface area contributed by atoms with Gasteiger partial charge in [-0.15, -0.1) is 0 Å². The lowest BCUT2D eigenvalue weighted by atomic mass is 10.0. The predicted octanol–water partition coefficient (Wildman–Crippen LogP) is 6.99. The number of fused-ring (bicyclic) bond motifs is 4. The molecule has 6 aromatic rings. The summed E-state index contributed by atoms with van der Waals surface area (Å²) in [7, 11) is 0. The summed E-state index contributed by atoms with van der Waals surface area (Å²) in [6.07, 6.45) is 0. The van der Waals surface area contributed by atoms with Crippen molar-refractivity contribution in [3.05, 3.63) is 131 Å². The lowest BCUT2D eigenvalue weighted by Crippen LogP contribution is -2.29. The number of benzene rings is 5. The molecule has 6 nitrogen and oxygen atoms in total. The average Bonchev–Trinajstić information content (AvgIpc) is 3.47. The topological polar surface area (TPSA) is 89.9 Å². The van der Waals surface area contributed by atoms with E-state index in [4.69, 9.17) is 0 Å². The number of carbonyl (C=O) groups is 2. The van der Waals surface area contributed by atoms with Crippen LogP contribution in [0.4, 0.5) is 5.69 Å². The molecule has 0 atom stereocenters. The standard InChI is InChI=1S/C34H18N4O2/c35-19-21-12-14-29-27(16-21)28-17-22(20-36)13-15-30(28)38(29)31-11-5-10-26-32(31)34(40)37(33(26)39)25-9-4-8-24(18-25)23-6-2-1-3-7-23/h1-18H. The van der Waals surface area contributed by atoms with Gasteiger partial charge in [-0.05, 0) is 71.8 Å². The molecule has 0 aliphatic carbocycles. The van der Waals surface area contributed by atoms with E-state index in [0.29, 0.717) is 33.6 Å². The Morgan fingerprint density at radius 2 is 1.20 bits per heavy atom. The van der Waals surface area contributed by atoms with Gasteiger partial charge >= 0.3 is 0 Å². The molecule has 1 aliphatic rings. The van der Waals surface area contributed by atoms with Crippen LogP contribution < -0.4 is 4.90 Å². The largest absolute Gasteiger partial charge is 0.308 e. The highest BCUT2D eigenvalue weighted by Crippen LogP contribution is 2.38. The molecule has 0 fully saturated rings. The van der Waals surface area contributed by atoms with Gasteiger partial charge in [0.15, 0.2) is 0 Å². The van der Waals surface area contributed by atoms with Crippen molar-refractivity contribution in [2.45, 2.75) is 0 Å². The highest BCUT2D eigenvalue weighted by Gasteiger charge is 2.39. The first-order chi connectivity index (χ1) is 19.6. The molecule has 1 aromatic heterocycles. The number of amides is 2. The van der Waals surface area contributed by atoms with E-state index in [1.807, 2.05) is 71.3 Å². The van der Waals surface area contributed by atoms with Crippen LogP contribution in [0.1, 0.15) is 31.8 Å². The fraction of sp³-hybridized carbons (Fsp3) is 0. The third-order valence-electron chi connectivity index (χ3n) is 7.37. The third kappa shape index (κ3) is 3.34. The molecule has 7 rings (SSSR count).